The van der Waals surface area contributed by atoms with Gasteiger partial charge in [0.2, 0.25) is 5.91 Å². The first-order valence-corrected chi connectivity index (χ1v) is 7.77. The minimum absolute atomic E-state index is 0.00350. The van der Waals surface area contributed by atoms with Crippen molar-refractivity contribution in [1.29, 1.82) is 0 Å². The van der Waals surface area contributed by atoms with Gasteiger partial charge in [0.05, 0.1) is 5.69 Å². The predicted molar refractivity (Wildman–Crippen MR) is 84.3 cm³/mol. The molecule has 1 aliphatic carbocycles. The van der Waals surface area contributed by atoms with Gasteiger partial charge in [-0.2, -0.15) is 5.10 Å². The molecule has 0 unspecified atom stereocenters. The van der Waals surface area contributed by atoms with Crippen molar-refractivity contribution < 1.29 is 14.7 Å². The number of hydrogen-bond donors (Lipinski definition) is 2. The first-order valence-electron chi connectivity index (χ1n) is 7.77. The average Bonchev–Trinajstić information content (AvgIpc) is 3.24. The van der Waals surface area contributed by atoms with Crippen molar-refractivity contribution in [3.8, 4) is 5.69 Å². The van der Waals surface area contributed by atoms with Crippen molar-refractivity contribution in [1.82, 2.24) is 15.1 Å². The molecule has 1 saturated carbocycles. The minimum Gasteiger partial charge on any atom is -0.476 e. The molecule has 6 heteroatoms. The van der Waals surface area contributed by atoms with Crippen LogP contribution in [-0.4, -0.2) is 26.8 Å². The average molecular weight is 313 g/mol. The lowest BCUT2D eigenvalue weighted by atomic mass is 10.2. The molecule has 1 amide bonds. The number of carboxylic acid groups (broad SMARTS) is 1. The van der Waals surface area contributed by atoms with Crippen molar-refractivity contribution in [3.63, 3.8) is 0 Å². The van der Waals surface area contributed by atoms with Gasteiger partial charge in [0.1, 0.15) is 0 Å². The number of nitrogens with zero attached hydrogens (tertiary/aromatic N) is 2. The molecule has 23 heavy (non-hydrogen) atoms. The highest BCUT2D eigenvalue weighted by atomic mass is 16.4. The second-order valence-corrected chi connectivity index (χ2v) is 5.88. The number of amides is 1. The molecule has 0 bridgehead atoms. The molecule has 0 spiro atoms. The van der Waals surface area contributed by atoms with Gasteiger partial charge in [0.15, 0.2) is 5.69 Å². The van der Waals surface area contributed by atoms with Gasteiger partial charge in [0, 0.05) is 19.2 Å². The van der Waals surface area contributed by atoms with Crippen molar-refractivity contribution in [2.75, 3.05) is 0 Å². The first-order chi connectivity index (χ1) is 11.1. The Balaban J connectivity index is 1.59. The van der Waals surface area contributed by atoms with E-state index in [0.717, 1.165) is 23.6 Å². The third kappa shape index (κ3) is 4.18. The van der Waals surface area contributed by atoms with Crippen LogP contribution < -0.4 is 5.32 Å². The van der Waals surface area contributed by atoms with E-state index in [4.69, 9.17) is 5.11 Å². The Labute approximate surface area is 134 Å². The maximum Gasteiger partial charge on any atom is 0.356 e. The standard InChI is InChI=1S/C17H19N3O3/c21-16(7-6-12-4-5-12)18-11-13-2-1-3-14(10-13)20-9-8-15(19-20)17(22)23/h1-3,8-10,12H,4-7,11H2,(H,18,21)(H,22,23). The molecular formula is C17H19N3O3. The fraction of sp³-hybridized carbons (Fsp3) is 0.353. The van der Waals surface area contributed by atoms with Crippen LogP contribution in [0.4, 0.5) is 0 Å². The quantitative estimate of drug-likeness (QED) is 0.822. The Morgan fingerprint density at radius 1 is 1.30 bits per heavy atom. The minimum atomic E-state index is -1.05. The maximum absolute atomic E-state index is 11.8. The summed E-state index contributed by atoms with van der Waals surface area (Å²) in [5.41, 5.74) is 1.72. The fourth-order valence-electron chi connectivity index (χ4n) is 2.42. The van der Waals surface area contributed by atoms with Crippen molar-refractivity contribution in [3.05, 3.63) is 47.8 Å². The highest BCUT2D eigenvalue weighted by Gasteiger charge is 2.21. The number of benzene rings is 1. The lowest BCUT2D eigenvalue weighted by Crippen LogP contribution is -2.22. The Morgan fingerprint density at radius 2 is 2.13 bits per heavy atom. The van der Waals surface area contributed by atoms with E-state index >= 15 is 0 Å². The Kier molecular flexibility index (Phi) is 4.41. The van der Waals surface area contributed by atoms with Crippen LogP contribution in [0, 0.1) is 5.92 Å². The number of rotatable bonds is 7. The van der Waals surface area contributed by atoms with Crippen LogP contribution in [-0.2, 0) is 11.3 Å². The molecule has 0 aliphatic heterocycles. The highest BCUT2D eigenvalue weighted by Crippen LogP contribution is 2.33. The second-order valence-electron chi connectivity index (χ2n) is 5.88. The fourth-order valence-corrected chi connectivity index (χ4v) is 2.42. The van der Waals surface area contributed by atoms with Gasteiger partial charge in [-0.05, 0) is 36.1 Å². The summed E-state index contributed by atoms with van der Waals surface area (Å²) in [5.74, 6) is -0.218. The summed E-state index contributed by atoms with van der Waals surface area (Å²) in [6.45, 7) is 0.463. The van der Waals surface area contributed by atoms with E-state index < -0.39 is 5.97 Å². The zero-order chi connectivity index (χ0) is 16.2. The van der Waals surface area contributed by atoms with Gasteiger partial charge in [-0.25, -0.2) is 9.48 Å². The summed E-state index contributed by atoms with van der Waals surface area (Å²) in [6.07, 6.45) is 5.70. The van der Waals surface area contributed by atoms with Crippen LogP contribution in [0.5, 0.6) is 0 Å². The highest BCUT2D eigenvalue weighted by molar-refractivity contribution is 5.85. The van der Waals surface area contributed by atoms with E-state index in [-0.39, 0.29) is 11.6 Å². The Hall–Kier alpha value is -2.63. The molecule has 0 radical (unpaired) electrons. The molecule has 2 N–H and O–H groups in total. The molecule has 1 heterocycles. The van der Waals surface area contributed by atoms with E-state index in [2.05, 4.69) is 10.4 Å². The zero-order valence-electron chi connectivity index (χ0n) is 12.7. The van der Waals surface area contributed by atoms with Crippen LogP contribution >= 0.6 is 0 Å². The molecule has 1 aliphatic rings. The van der Waals surface area contributed by atoms with Gasteiger partial charge in [-0.3, -0.25) is 4.79 Å². The van der Waals surface area contributed by atoms with Crippen LogP contribution in [0.25, 0.3) is 5.69 Å². The van der Waals surface area contributed by atoms with Gasteiger partial charge in [-0.15, -0.1) is 0 Å². The smallest absolute Gasteiger partial charge is 0.356 e. The Bertz CT molecular complexity index is 719. The first kappa shape index (κ1) is 15.3. The van der Waals surface area contributed by atoms with Gasteiger partial charge < -0.3 is 10.4 Å². The molecule has 3 rings (SSSR count). The van der Waals surface area contributed by atoms with E-state index in [1.165, 1.54) is 23.6 Å². The number of aromatic nitrogens is 2. The number of aromatic carboxylic acids is 1. The van der Waals surface area contributed by atoms with Crippen LogP contribution in [0.1, 0.15) is 41.7 Å². The van der Waals surface area contributed by atoms with Crippen molar-refractivity contribution in [2.45, 2.75) is 32.2 Å². The predicted octanol–water partition coefficient (Wildman–Crippen LogP) is 2.38. The maximum atomic E-state index is 11.8. The number of carbonyl (C=O) groups is 2. The molecule has 1 fully saturated rings. The summed E-state index contributed by atoms with van der Waals surface area (Å²) < 4.78 is 1.52. The van der Waals surface area contributed by atoms with E-state index in [9.17, 15) is 9.59 Å². The molecule has 1 aromatic carbocycles. The van der Waals surface area contributed by atoms with E-state index in [0.29, 0.717) is 13.0 Å². The lowest BCUT2D eigenvalue weighted by Gasteiger charge is -2.07. The molecule has 0 saturated heterocycles. The summed E-state index contributed by atoms with van der Waals surface area (Å²) in [5, 5.41) is 15.8. The largest absolute Gasteiger partial charge is 0.476 e. The normalized spacial score (nSPS) is 13.7. The number of carbonyl (C=O) groups excluding carboxylic acids is 1. The summed E-state index contributed by atoms with van der Waals surface area (Å²) in [4.78, 5) is 22.7. The SMILES string of the molecule is O=C(CCC1CC1)NCc1cccc(-n2ccc(C(=O)O)n2)c1. The summed E-state index contributed by atoms with van der Waals surface area (Å²) in [6, 6.07) is 8.97. The molecule has 2 aromatic rings. The topological polar surface area (TPSA) is 84.2 Å². The third-order valence-corrected chi connectivity index (χ3v) is 3.95. The molecule has 120 valence electrons. The molecule has 1 aromatic heterocycles. The van der Waals surface area contributed by atoms with Crippen molar-refractivity contribution >= 4 is 11.9 Å². The second kappa shape index (κ2) is 6.64. The van der Waals surface area contributed by atoms with Crippen molar-refractivity contribution in [2.24, 2.45) is 5.92 Å². The van der Waals surface area contributed by atoms with Gasteiger partial charge in [0.25, 0.3) is 0 Å². The third-order valence-electron chi connectivity index (χ3n) is 3.95. The molecular weight excluding hydrogens is 294 g/mol. The van der Waals surface area contributed by atoms with E-state index in [1.807, 2.05) is 24.3 Å². The van der Waals surface area contributed by atoms with Crippen LogP contribution in [0.3, 0.4) is 0 Å². The molecule has 6 nitrogen and oxygen atoms in total. The number of nitrogens with one attached hydrogen (secondary N) is 1. The zero-order valence-corrected chi connectivity index (χ0v) is 12.7. The van der Waals surface area contributed by atoms with E-state index in [1.54, 1.807) is 6.20 Å². The van der Waals surface area contributed by atoms with Gasteiger partial charge in [-0.1, -0.05) is 25.0 Å². The summed E-state index contributed by atoms with van der Waals surface area (Å²) in [7, 11) is 0. The Morgan fingerprint density at radius 3 is 2.83 bits per heavy atom. The number of hydrogen-bond acceptors (Lipinski definition) is 3. The van der Waals surface area contributed by atoms with Crippen LogP contribution in [0.15, 0.2) is 36.5 Å². The number of carboxylic acids is 1. The van der Waals surface area contributed by atoms with Gasteiger partial charge >= 0.3 is 5.97 Å². The van der Waals surface area contributed by atoms with Crippen LogP contribution in [0.2, 0.25) is 0 Å². The molecule has 0 atom stereocenters. The summed E-state index contributed by atoms with van der Waals surface area (Å²) >= 11 is 0. The monoisotopic (exact) mass is 313 g/mol. The lowest BCUT2D eigenvalue weighted by molar-refractivity contribution is -0.121.